The van der Waals surface area contributed by atoms with Crippen molar-refractivity contribution >= 4 is 11.6 Å². The number of alkyl halides is 1. The number of rotatable bonds is 7. The van der Waals surface area contributed by atoms with Crippen molar-refractivity contribution in [3.63, 3.8) is 0 Å². The van der Waals surface area contributed by atoms with Crippen LogP contribution in [0.4, 0.5) is 0 Å². The largest absolute Gasteiger partial charge is 0.252 e. The standard InChI is InChI=1S/C10H18ClN3/c1-2-3-4-5-8-14-9-10(6-7-11)12-13-14/h9H,2-8H2,1H3. The first-order valence-corrected chi connectivity index (χ1v) is 5.85. The van der Waals surface area contributed by atoms with Crippen LogP contribution >= 0.6 is 11.6 Å². The third kappa shape index (κ3) is 4.09. The van der Waals surface area contributed by atoms with Gasteiger partial charge in [-0.05, 0) is 6.42 Å². The molecule has 1 rings (SSSR count). The van der Waals surface area contributed by atoms with E-state index >= 15 is 0 Å². The van der Waals surface area contributed by atoms with Crippen LogP contribution < -0.4 is 0 Å². The van der Waals surface area contributed by atoms with E-state index < -0.39 is 0 Å². The molecular formula is C10H18ClN3. The lowest BCUT2D eigenvalue weighted by Crippen LogP contribution is -1.98. The zero-order valence-electron chi connectivity index (χ0n) is 8.75. The summed E-state index contributed by atoms with van der Waals surface area (Å²) >= 11 is 5.61. The number of unbranched alkanes of at least 4 members (excludes halogenated alkanes) is 3. The van der Waals surface area contributed by atoms with Crippen LogP contribution in [0.1, 0.15) is 38.3 Å². The zero-order valence-corrected chi connectivity index (χ0v) is 9.50. The molecule has 0 N–H and O–H groups in total. The van der Waals surface area contributed by atoms with Crippen LogP contribution in [-0.4, -0.2) is 20.9 Å². The van der Waals surface area contributed by atoms with Crippen molar-refractivity contribution in [3.05, 3.63) is 11.9 Å². The number of halogens is 1. The minimum absolute atomic E-state index is 0.620. The van der Waals surface area contributed by atoms with Crippen molar-refractivity contribution in [2.45, 2.75) is 45.6 Å². The summed E-state index contributed by atoms with van der Waals surface area (Å²) in [5, 5.41) is 8.07. The van der Waals surface area contributed by atoms with E-state index in [2.05, 4.69) is 17.2 Å². The maximum Gasteiger partial charge on any atom is 0.0839 e. The van der Waals surface area contributed by atoms with Crippen LogP contribution in [0.5, 0.6) is 0 Å². The molecule has 1 aromatic heterocycles. The Bertz CT molecular complexity index is 247. The third-order valence-electron chi connectivity index (χ3n) is 2.18. The molecule has 0 aliphatic heterocycles. The van der Waals surface area contributed by atoms with Gasteiger partial charge in [-0.1, -0.05) is 31.4 Å². The summed E-state index contributed by atoms with van der Waals surface area (Å²) in [5.41, 5.74) is 0.996. The summed E-state index contributed by atoms with van der Waals surface area (Å²) in [4.78, 5) is 0. The zero-order chi connectivity index (χ0) is 10.2. The van der Waals surface area contributed by atoms with Gasteiger partial charge in [0.25, 0.3) is 0 Å². The maximum atomic E-state index is 5.61. The van der Waals surface area contributed by atoms with Crippen molar-refractivity contribution < 1.29 is 0 Å². The van der Waals surface area contributed by atoms with Crippen LogP contribution in [0.25, 0.3) is 0 Å². The van der Waals surface area contributed by atoms with Gasteiger partial charge in [-0.15, -0.1) is 16.7 Å². The first kappa shape index (κ1) is 11.5. The highest BCUT2D eigenvalue weighted by Crippen LogP contribution is 2.02. The number of aryl methyl sites for hydroxylation is 2. The van der Waals surface area contributed by atoms with E-state index in [-0.39, 0.29) is 0 Å². The molecule has 0 unspecified atom stereocenters. The normalized spacial score (nSPS) is 10.7. The topological polar surface area (TPSA) is 30.7 Å². The molecule has 0 atom stereocenters. The van der Waals surface area contributed by atoms with E-state index in [1.807, 2.05) is 10.9 Å². The van der Waals surface area contributed by atoms with E-state index in [9.17, 15) is 0 Å². The summed E-state index contributed by atoms with van der Waals surface area (Å²) in [7, 11) is 0. The number of aromatic nitrogens is 3. The van der Waals surface area contributed by atoms with Gasteiger partial charge in [-0.3, -0.25) is 4.68 Å². The molecule has 0 radical (unpaired) electrons. The molecule has 0 saturated heterocycles. The van der Waals surface area contributed by atoms with E-state index in [1.54, 1.807) is 0 Å². The Hall–Kier alpha value is -0.570. The second-order valence-corrected chi connectivity index (χ2v) is 3.85. The maximum absolute atomic E-state index is 5.61. The molecule has 0 aliphatic rings. The predicted octanol–water partition coefficient (Wildman–Crippen LogP) is 2.64. The number of hydrogen-bond acceptors (Lipinski definition) is 2. The van der Waals surface area contributed by atoms with Gasteiger partial charge in [0.1, 0.15) is 0 Å². The minimum Gasteiger partial charge on any atom is -0.252 e. The Morgan fingerprint density at radius 3 is 2.93 bits per heavy atom. The summed E-state index contributed by atoms with van der Waals surface area (Å²) in [6, 6.07) is 0. The third-order valence-corrected chi connectivity index (χ3v) is 2.37. The molecule has 0 saturated carbocycles. The molecule has 0 amide bonds. The molecule has 0 spiro atoms. The van der Waals surface area contributed by atoms with Gasteiger partial charge in [0.2, 0.25) is 0 Å². The van der Waals surface area contributed by atoms with Gasteiger partial charge in [0.05, 0.1) is 5.69 Å². The number of nitrogens with zero attached hydrogens (tertiary/aromatic N) is 3. The molecule has 1 heterocycles. The highest BCUT2D eigenvalue weighted by molar-refractivity contribution is 6.17. The van der Waals surface area contributed by atoms with Crippen LogP contribution in [-0.2, 0) is 13.0 Å². The minimum atomic E-state index is 0.620. The SMILES string of the molecule is CCCCCCn1cc(CCCl)nn1. The monoisotopic (exact) mass is 215 g/mol. The second kappa shape index (κ2) is 6.82. The summed E-state index contributed by atoms with van der Waals surface area (Å²) in [5.74, 6) is 0.620. The van der Waals surface area contributed by atoms with Crippen LogP contribution in [0.2, 0.25) is 0 Å². The average molecular weight is 216 g/mol. The Labute approximate surface area is 90.4 Å². The Morgan fingerprint density at radius 1 is 1.36 bits per heavy atom. The fraction of sp³-hybridized carbons (Fsp3) is 0.800. The Balaban J connectivity index is 2.22. The molecule has 80 valence electrons. The molecule has 14 heavy (non-hydrogen) atoms. The summed E-state index contributed by atoms with van der Waals surface area (Å²) < 4.78 is 1.91. The molecule has 3 nitrogen and oxygen atoms in total. The van der Waals surface area contributed by atoms with Crippen molar-refractivity contribution in [2.24, 2.45) is 0 Å². The predicted molar refractivity (Wildman–Crippen MR) is 58.6 cm³/mol. The van der Waals surface area contributed by atoms with E-state index in [1.165, 1.54) is 25.7 Å². The van der Waals surface area contributed by atoms with Crippen molar-refractivity contribution in [1.29, 1.82) is 0 Å². The lowest BCUT2D eigenvalue weighted by Gasteiger charge is -1.98. The Morgan fingerprint density at radius 2 is 2.21 bits per heavy atom. The average Bonchev–Trinajstić information content (AvgIpc) is 2.61. The Kier molecular flexibility index (Phi) is 5.60. The molecule has 0 bridgehead atoms. The van der Waals surface area contributed by atoms with Gasteiger partial charge in [0.15, 0.2) is 0 Å². The van der Waals surface area contributed by atoms with Gasteiger partial charge in [-0.2, -0.15) is 0 Å². The number of hydrogen-bond donors (Lipinski definition) is 0. The van der Waals surface area contributed by atoms with Crippen molar-refractivity contribution in [3.8, 4) is 0 Å². The highest BCUT2D eigenvalue weighted by Gasteiger charge is 1.99. The molecule has 0 aliphatic carbocycles. The molecular weight excluding hydrogens is 198 g/mol. The molecule has 4 heteroatoms. The smallest absolute Gasteiger partial charge is 0.0839 e. The molecule has 0 aromatic carbocycles. The summed E-state index contributed by atoms with van der Waals surface area (Å²) in [6.07, 6.45) is 7.86. The van der Waals surface area contributed by atoms with Crippen LogP contribution in [0.15, 0.2) is 6.20 Å². The first-order valence-electron chi connectivity index (χ1n) is 5.31. The fourth-order valence-corrected chi connectivity index (χ4v) is 1.55. The lowest BCUT2D eigenvalue weighted by molar-refractivity contribution is 0.527. The quantitative estimate of drug-likeness (QED) is 0.517. The van der Waals surface area contributed by atoms with Gasteiger partial charge in [-0.25, -0.2) is 0 Å². The fourth-order valence-electron chi connectivity index (χ4n) is 1.36. The first-order chi connectivity index (χ1) is 6.86. The highest BCUT2D eigenvalue weighted by atomic mass is 35.5. The van der Waals surface area contributed by atoms with Crippen LogP contribution in [0, 0.1) is 0 Å². The van der Waals surface area contributed by atoms with E-state index in [4.69, 9.17) is 11.6 Å². The molecule has 1 aromatic rings. The second-order valence-electron chi connectivity index (χ2n) is 3.47. The van der Waals surface area contributed by atoms with Crippen molar-refractivity contribution in [1.82, 2.24) is 15.0 Å². The molecule has 0 fully saturated rings. The van der Waals surface area contributed by atoms with Gasteiger partial charge < -0.3 is 0 Å². The van der Waals surface area contributed by atoms with E-state index in [0.29, 0.717) is 5.88 Å². The van der Waals surface area contributed by atoms with Crippen molar-refractivity contribution in [2.75, 3.05) is 5.88 Å². The van der Waals surface area contributed by atoms with Gasteiger partial charge in [0, 0.05) is 25.0 Å². The van der Waals surface area contributed by atoms with Crippen LogP contribution in [0.3, 0.4) is 0 Å². The van der Waals surface area contributed by atoms with E-state index in [0.717, 1.165) is 18.7 Å². The lowest BCUT2D eigenvalue weighted by atomic mass is 10.2. The van der Waals surface area contributed by atoms with Gasteiger partial charge >= 0.3 is 0 Å². The summed E-state index contributed by atoms with van der Waals surface area (Å²) in [6.45, 7) is 3.20.